The first-order valence-electron chi connectivity index (χ1n) is 7.08. The van der Waals surface area contributed by atoms with E-state index in [1.807, 2.05) is 10.8 Å². The zero-order valence-corrected chi connectivity index (χ0v) is 15.9. The second kappa shape index (κ2) is 8.17. The smallest absolute Gasteiger partial charge is 0.265 e. The SMILES string of the molecule is COc1cc(C(=O)NS(=O)(=O)/C=C/c2ccccc2)cc(OC)c1Br. The minimum atomic E-state index is -3.95. The number of carbonyl (C=O) groups excluding carboxylic acids is 1. The Kier molecular flexibility index (Phi) is 6.22. The second-order valence-electron chi connectivity index (χ2n) is 4.88. The van der Waals surface area contributed by atoms with Crippen LogP contribution in [-0.2, 0) is 10.0 Å². The van der Waals surface area contributed by atoms with Crippen molar-refractivity contribution in [3.8, 4) is 11.5 Å². The van der Waals surface area contributed by atoms with Gasteiger partial charge in [-0.1, -0.05) is 30.3 Å². The molecule has 0 aromatic heterocycles. The maximum Gasteiger partial charge on any atom is 0.265 e. The minimum absolute atomic E-state index is 0.0913. The summed E-state index contributed by atoms with van der Waals surface area (Å²) < 4.78 is 36.9. The van der Waals surface area contributed by atoms with Crippen molar-refractivity contribution < 1.29 is 22.7 Å². The molecule has 2 aromatic carbocycles. The highest BCUT2D eigenvalue weighted by molar-refractivity contribution is 9.10. The predicted octanol–water partition coefficient (Wildman–Crippen LogP) is 3.20. The summed E-state index contributed by atoms with van der Waals surface area (Å²) in [6.07, 6.45) is 1.40. The van der Waals surface area contributed by atoms with Crippen LogP contribution in [0.15, 0.2) is 52.3 Å². The van der Waals surface area contributed by atoms with Crippen molar-refractivity contribution in [2.24, 2.45) is 0 Å². The molecule has 0 spiro atoms. The van der Waals surface area contributed by atoms with Gasteiger partial charge in [0.05, 0.1) is 19.6 Å². The molecule has 0 bridgehead atoms. The van der Waals surface area contributed by atoms with E-state index in [0.29, 0.717) is 21.5 Å². The maximum atomic E-state index is 12.3. The molecule has 0 aliphatic heterocycles. The highest BCUT2D eigenvalue weighted by Crippen LogP contribution is 2.35. The Morgan fingerprint density at radius 2 is 1.64 bits per heavy atom. The first kappa shape index (κ1) is 19.0. The lowest BCUT2D eigenvalue weighted by Crippen LogP contribution is -2.28. The quantitative estimate of drug-likeness (QED) is 0.768. The van der Waals surface area contributed by atoms with E-state index >= 15 is 0 Å². The molecule has 0 heterocycles. The van der Waals surface area contributed by atoms with Crippen LogP contribution >= 0.6 is 15.9 Å². The third-order valence-corrected chi connectivity index (χ3v) is 4.93. The zero-order chi connectivity index (χ0) is 18.4. The van der Waals surface area contributed by atoms with Gasteiger partial charge in [-0.25, -0.2) is 13.1 Å². The molecule has 0 aliphatic carbocycles. The van der Waals surface area contributed by atoms with Gasteiger partial charge in [0.1, 0.15) is 16.0 Å². The number of methoxy groups -OCH3 is 2. The molecule has 2 aromatic rings. The molecule has 0 saturated carbocycles. The Morgan fingerprint density at radius 3 is 2.16 bits per heavy atom. The van der Waals surface area contributed by atoms with E-state index in [4.69, 9.17) is 9.47 Å². The van der Waals surface area contributed by atoms with Crippen LogP contribution in [0.2, 0.25) is 0 Å². The van der Waals surface area contributed by atoms with Crippen molar-refractivity contribution >= 4 is 37.9 Å². The molecule has 132 valence electrons. The van der Waals surface area contributed by atoms with E-state index in [2.05, 4.69) is 15.9 Å². The van der Waals surface area contributed by atoms with Gasteiger partial charge in [-0.15, -0.1) is 0 Å². The van der Waals surface area contributed by atoms with Crippen LogP contribution in [0.25, 0.3) is 6.08 Å². The molecule has 0 fully saturated rings. The average Bonchev–Trinajstić information content (AvgIpc) is 2.60. The lowest BCUT2D eigenvalue weighted by molar-refractivity contribution is 0.0981. The van der Waals surface area contributed by atoms with Crippen molar-refractivity contribution in [2.75, 3.05) is 14.2 Å². The molecule has 25 heavy (non-hydrogen) atoms. The molecule has 0 radical (unpaired) electrons. The van der Waals surface area contributed by atoms with Crippen LogP contribution in [0.4, 0.5) is 0 Å². The van der Waals surface area contributed by atoms with E-state index < -0.39 is 15.9 Å². The summed E-state index contributed by atoms with van der Waals surface area (Å²) in [4.78, 5) is 12.3. The number of carbonyl (C=O) groups is 1. The van der Waals surface area contributed by atoms with E-state index in [1.165, 1.54) is 32.4 Å². The lowest BCUT2D eigenvalue weighted by Gasteiger charge is -2.11. The van der Waals surface area contributed by atoms with Crippen LogP contribution in [0.3, 0.4) is 0 Å². The Morgan fingerprint density at radius 1 is 1.08 bits per heavy atom. The van der Waals surface area contributed by atoms with E-state index in [-0.39, 0.29) is 5.56 Å². The summed E-state index contributed by atoms with van der Waals surface area (Å²) in [5.74, 6) is -0.0923. The summed E-state index contributed by atoms with van der Waals surface area (Å²) in [6, 6.07) is 11.7. The number of hydrogen-bond donors (Lipinski definition) is 1. The fraction of sp³-hybridized carbons (Fsp3) is 0.118. The molecule has 1 amide bonds. The molecule has 0 unspecified atom stereocenters. The fourth-order valence-corrected chi connectivity index (χ4v) is 3.29. The number of benzene rings is 2. The Hall–Kier alpha value is -2.32. The largest absolute Gasteiger partial charge is 0.495 e. The van der Waals surface area contributed by atoms with Gasteiger partial charge < -0.3 is 9.47 Å². The van der Waals surface area contributed by atoms with E-state index in [0.717, 1.165) is 5.41 Å². The number of nitrogens with one attached hydrogen (secondary N) is 1. The average molecular weight is 426 g/mol. The second-order valence-corrected chi connectivity index (χ2v) is 7.24. The Balaban J connectivity index is 2.22. The molecule has 6 nitrogen and oxygen atoms in total. The van der Waals surface area contributed by atoms with E-state index in [1.54, 1.807) is 24.3 Å². The summed E-state index contributed by atoms with van der Waals surface area (Å²) >= 11 is 3.29. The van der Waals surface area contributed by atoms with Crippen molar-refractivity contribution in [3.05, 3.63) is 63.5 Å². The number of hydrogen-bond acceptors (Lipinski definition) is 5. The van der Waals surface area contributed by atoms with Gasteiger partial charge in [0.2, 0.25) is 0 Å². The topological polar surface area (TPSA) is 81.7 Å². The number of sulfonamides is 1. The van der Waals surface area contributed by atoms with Crippen molar-refractivity contribution in [1.29, 1.82) is 0 Å². The number of ether oxygens (including phenoxy) is 2. The zero-order valence-electron chi connectivity index (χ0n) is 13.5. The third kappa shape index (κ3) is 5.07. The Bertz CT molecular complexity index is 870. The summed E-state index contributed by atoms with van der Waals surface area (Å²) in [5, 5.41) is 0.938. The van der Waals surface area contributed by atoms with Crippen molar-refractivity contribution in [2.45, 2.75) is 0 Å². The van der Waals surface area contributed by atoms with Gasteiger partial charge >= 0.3 is 0 Å². The predicted molar refractivity (Wildman–Crippen MR) is 99.1 cm³/mol. The van der Waals surface area contributed by atoms with Gasteiger partial charge in [0, 0.05) is 5.56 Å². The lowest BCUT2D eigenvalue weighted by atomic mass is 10.2. The van der Waals surface area contributed by atoms with Gasteiger partial charge in [0.15, 0.2) is 0 Å². The van der Waals surface area contributed by atoms with Gasteiger partial charge in [-0.3, -0.25) is 4.79 Å². The highest BCUT2D eigenvalue weighted by atomic mass is 79.9. The normalized spacial score (nSPS) is 11.3. The Labute approximate surface area is 154 Å². The van der Waals surface area contributed by atoms with Crippen LogP contribution in [0.1, 0.15) is 15.9 Å². The molecular formula is C17H16BrNO5S. The summed E-state index contributed by atoms with van der Waals surface area (Å²) in [6.45, 7) is 0. The monoisotopic (exact) mass is 425 g/mol. The first-order chi connectivity index (χ1) is 11.9. The fourth-order valence-electron chi connectivity index (χ4n) is 1.95. The molecule has 0 atom stereocenters. The van der Waals surface area contributed by atoms with Crippen LogP contribution < -0.4 is 14.2 Å². The minimum Gasteiger partial charge on any atom is -0.495 e. The molecule has 2 rings (SSSR count). The van der Waals surface area contributed by atoms with Crippen LogP contribution in [-0.4, -0.2) is 28.5 Å². The van der Waals surface area contributed by atoms with Crippen LogP contribution in [0, 0.1) is 0 Å². The van der Waals surface area contributed by atoms with Crippen molar-refractivity contribution in [1.82, 2.24) is 4.72 Å². The first-order valence-corrected chi connectivity index (χ1v) is 9.42. The number of amides is 1. The van der Waals surface area contributed by atoms with E-state index in [9.17, 15) is 13.2 Å². The maximum absolute atomic E-state index is 12.3. The van der Waals surface area contributed by atoms with Gasteiger partial charge in [-0.2, -0.15) is 0 Å². The van der Waals surface area contributed by atoms with Crippen LogP contribution in [0.5, 0.6) is 11.5 Å². The third-order valence-electron chi connectivity index (χ3n) is 3.18. The number of rotatable bonds is 6. The summed E-state index contributed by atoms with van der Waals surface area (Å²) in [5.41, 5.74) is 0.792. The summed E-state index contributed by atoms with van der Waals surface area (Å²) in [7, 11) is -1.09. The highest BCUT2D eigenvalue weighted by Gasteiger charge is 2.18. The molecule has 0 aliphatic rings. The standard InChI is InChI=1S/C17H16BrNO5S/c1-23-14-10-13(11-15(24-2)16(14)18)17(20)19-25(21,22)9-8-12-6-4-3-5-7-12/h3-11H,1-2H3,(H,19,20)/b9-8+. The number of halogens is 1. The molecule has 8 heteroatoms. The van der Waals surface area contributed by atoms with Gasteiger partial charge in [0.25, 0.3) is 15.9 Å². The van der Waals surface area contributed by atoms with Gasteiger partial charge in [-0.05, 0) is 39.7 Å². The van der Waals surface area contributed by atoms with Crippen molar-refractivity contribution in [3.63, 3.8) is 0 Å². The molecular weight excluding hydrogens is 410 g/mol. The molecule has 1 N–H and O–H groups in total. The molecule has 0 saturated heterocycles.